The Bertz CT molecular complexity index is 1640. The molecule has 3 N–H and O–H groups in total. The van der Waals surface area contributed by atoms with E-state index in [1.165, 1.54) is 41.8 Å². The summed E-state index contributed by atoms with van der Waals surface area (Å²) in [5.74, 6) is -2.21. The number of carbonyl (C=O) groups excluding carboxylic acids is 1. The van der Waals surface area contributed by atoms with Crippen molar-refractivity contribution in [3.63, 3.8) is 0 Å². The third-order valence-corrected chi connectivity index (χ3v) is 5.89. The van der Waals surface area contributed by atoms with E-state index in [1.54, 1.807) is 38.1 Å². The van der Waals surface area contributed by atoms with E-state index in [-0.39, 0.29) is 46.0 Å². The molecule has 192 valence electrons. The third-order valence-electron chi connectivity index (χ3n) is 5.89. The van der Waals surface area contributed by atoms with Crippen molar-refractivity contribution in [1.29, 1.82) is 0 Å². The van der Waals surface area contributed by atoms with Gasteiger partial charge in [-0.05, 0) is 62.1 Å². The number of carbonyl (C=O) groups is 2. The Morgan fingerprint density at radius 2 is 1.84 bits per heavy atom. The van der Waals surface area contributed by atoms with Crippen LogP contribution < -0.4 is 5.56 Å². The van der Waals surface area contributed by atoms with E-state index in [1.807, 2.05) is 13.8 Å². The van der Waals surface area contributed by atoms with Gasteiger partial charge < -0.3 is 19.8 Å². The van der Waals surface area contributed by atoms with Gasteiger partial charge in [0.05, 0.1) is 17.6 Å². The van der Waals surface area contributed by atoms with E-state index >= 15 is 0 Å². The fourth-order valence-corrected chi connectivity index (χ4v) is 4.23. The Morgan fingerprint density at radius 1 is 1.14 bits per heavy atom. The highest BCUT2D eigenvalue weighted by Crippen LogP contribution is 2.35. The number of phenols is 1. The number of fused-ring (bicyclic) bond motifs is 2. The third kappa shape index (κ3) is 5.23. The normalized spacial score (nSPS) is 11.7. The predicted molar refractivity (Wildman–Crippen MR) is 144 cm³/mol. The zero-order valence-electron chi connectivity index (χ0n) is 21.3. The summed E-state index contributed by atoms with van der Waals surface area (Å²) in [4.78, 5) is 40.6. The van der Waals surface area contributed by atoms with Crippen molar-refractivity contribution in [3.8, 4) is 5.75 Å². The number of nitrogens with one attached hydrogen (secondary N) is 1. The number of phenolic OH excluding ortho intramolecular Hbond substituents is 1. The first kappa shape index (κ1) is 27.1. The van der Waals surface area contributed by atoms with E-state index in [9.17, 15) is 29.0 Å². The van der Waals surface area contributed by atoms with Crippen LogP contribution in [0.15, 0.2) is 59.4 Å². The van der Waals surface area contributed by atoms with Crippen molar-refractivity contribution in [2.24, 2.45) is 0 Å². The van der Waals surface area contributed by atoms with Gasteiger partial charge in [-0.15, -0.1) is 0 Å². The number of pyridine rings is 1. The molecule has 0 radical (unpaired) electrons. The molecule has 0 bridgehead atoms. The number of aromatic carboxylic acids is 1. The number of aromatic hydroxyl groups is 1. The molecule has 4 rings (SSSR count). The second-order valence-electron chi connectivity index (χ2n) is 8.29. The first-order chi connectivity index (χ1) is 17.6. The molecule has 0 aliphatic rings. The molecule has 2 heterocycles. The highest BCUT2D eigenvalue weighted by atomic mass is 19.1. The van der Waals surface area contributed by atoms with Crippen LogP contribution in [0.25, 0.3) is 27.4 Å². The fraction of sp³-hybridized carbons (Fsp3) is 0.207. The van der Waals surface area contributed by atoms with Crippen LogP contribution in [0, 0.1) is 12.7 Å². The van der Waals surface area contributed by atoms with Crippen LogP contribution in [-0.2, 0) is 11.3 Å². The lowest BCUT2D eigenvalue weighted by molar-refractivity contribution is -0.111. The maximum Gasteiger partial charge on any atom is 0.353 e. The van der Waals surface area contributed by atoms with Crippen LogP contribution in [0.3, 0.4) is 0 Å². The minimum atomic E-state index is -1.32. The molecule has 0 saturated heterocycles. The average molecular weight is 505 g/mol. The number of allylic oxidation sites excluding steroid dienone is 4. The largest absolute Gasteiger partial charge is 0.508 e. The number of hydrogen-bond donors (Lipinski definition) is 3. The lowest BCUT2D eigenvalue weighted by Crippen LogP contribution is -2.19. The van der Waals surface area contributed by atoms with Crippen molar-refractivity contribution < 1.29 is 24.2 Å². The van der Waals surface area contributed by atoms with Crippen molar-refractivity contribution >= 4 is 39.1 Å². The first-order valence-corrected chi connectivity index (χ1v) is 11.9. The molecule has 7 nitrogen and oxygen atoms in total. The minimum absolute atomic E-state index is 0.00867. The van der Waals surface area contributed by atoms with E-state index in [4.69, 9.17) is 0 Å². The van der Waals surface area contributed by atoms with Gasteiger partial charge >= 0.3 is 5.97 Å². The Balaban J connectivity index is 0.00000186. The number of aromatic amines is 1. The summed E-state index contributed by atoms with van der Waals surface area (Å²) in [6.07, 6.45) is 4.87. The van der Waals surface area contributed by atoms with Crippen LogP contribution in [0.5, 0.6) is 5.75 Å². The molecule has 0 aliphatic heterocycles. The fourth-order valence-electron chi connectivity index (χ4n) is 4.23. The number of aryl methyl sites for hydroxylation is 1. The number of Topliss-reactive ketones (excluding diaryl/α,β-unsaturated/α-hetero) is 1. The number of benzene rings is 2. The monoisotopic (exact) mass is 504 g/mol. The van der Waals surface area contributed by atoms with E-state index in [0.29, 0.717) is 21.9 Å². The van der Waals surface area contributed by atoms with Crippen LogP contribution >= 0.6 is 0 Å². The predicted octanol–water partition coefficient (Wildman–Crippen LogP) is 5.96. The van der Waals surface area contributed by atoms with Crippen molar-refractivity contribution in [2.45, 2.75) is 41.2 Å². The SMILES string of the molecule is C/C=C\C=C(/C(C)=O)c1c(C(=O)O)n(Cc2cc3ccc(O)cc3[nH]c2=O)c2cc(F)c(C)cc12.CC. The molecule has 0 spiro atoms. The zero-order valence-corrected chi connectivity index (χ0v) is 21.3. The lowest BCUT2D eigenvalue weighted by Gasteiger charge is -2.11. The molecule has 0 fully saturated rings. The standard InChI is InChI=1S/C27H23FN2O5.C2H6/c1-4-5-6-19(15(3)31)24-20-9-14(2)21(28)12-23(20)30(25(24)27(34)35)13-17-10-16-7-8-18(32)11-22(16)29-26(17)33;1-2/h4-12,32H,13H2,1-3H3,(H,29,33)(H,34,35);1-2H3/b5-4-,19-6+;. The van der Waals surface area contributed by atoms with E-state index in [2.05, 4.69) is 4.98 Å². The van der Waals surface area contributed by atoms with Gasteiger partial charge in [-0.3, -0.25) is 9.59 Å². The summed E-state index contributed by atoms with van der Waals surface area (Å²) in [5, 5.41) is 20.9. The highest BCUT2D eigenvalue weighted by molar-refractivity contribution is 6.25. The van der Waals surface area contributed by atoms with E-state index < -0.39 is 17.3 Å². The van der Waals surface area contributed by atoms with Crippen LogP contribution in [-0.4, -0.2) is 31.5 Å². The number of hydrogen-bond acceptors (Lipinski definition) is 4. The average Bonchev–Trinajstić information content (AvgIpc) is 3.14. The Kier molecular flexibility index (Phi) is 8.12. The molecule has 2 aromatic heterocycles. The quantitative estimate of drug-likeness (QED) is 0.222. The maximum atomic E-state index is 14.7. The van der Waals surface area contributed by atoms with Gasteiger partial charge in [-0.25, -0.2) is 9.18 Å². The molecule has 2 aromatic carbocycles. The van der Waals surface area contributed by atoms with Crippen molar-refractivity contribution in [1.82, 2.24) is 9.55 Å². The van der Waals surface area contributed by atoms with Crippen LogP contribution in [0.4, 0.5) is 4.39 Å². The molecule has 8 heteroatoms. The number of aromatic nitrogens is 2. The number of ketones is 1. The molecular weight excluding hydrogens is 475 g/mol. The zero-order chi connectivity index (χ0) is 27.4. The number of rotatable bonds is 6. The van der Waals surface area contributed by atoms with Gasteiger partial charge in [0.15, 0.2) is 5.78 Å². The summed E-state index contributed by atoms with van der Waals surface area (Å²) < 4.78 is 16.0. The van der Waals surface area contributed by atoms with E-state index in [0.717, 1.165) is 0 Å². The molecule has 0 atom stereocenters. The Labute approximate surface area is 213 Å². The maximum absolute atomic E-state index is 14.7. The van der Waals surface area contributed by atoms with Gasteiger partial charge in [-0.2, -0.15) is 0 Å². The number of H-pyrrole nitrogens is 1. The number of halogens is 1. The summed E-state index contributed by atoms with van der Waals surface area (Å²) in [7, 11) is 0. The molecule has 0 aliphatic carbocycles. The molecule has 37 heavy (non-hydrogen) atoms. The first-order valence-electron chi connectivity index (χ1n) is 11.9. The summed E-state index contributed by atoms with van der Waals surface area (Å²) >= 11 is 0. The van der Waals surface area contributed by atoms with Crippen molar-refractivity contribution in [2.75, 3.05) is 0 Å². The number of nitrogens with zero attached hydrogens (tertiary/aromatic N) is 1. The molecule has 0 amide bonds. The van der Waals surface area contributed by atoms with Crippen molar-refractivity contribution in [3.05, 3.63) is 93.2 Å². The molecular formula is C29H29FN2O5. The highest BCUT2D eigenvalue weighted by Gasteiger charge is 2.27. The van der Waals surface area contributed by atoms with Crippen LogP contribution in [0.2, 0.25) is 0 Å². The molecule has 4 aromatic rings. The van der Waals surface area contributed by atoms with Gasteiger partial charge in [0.1, 0.15) is 17.3 Å². The van der Waals surface area contributed by atoms with Gasteiger partial charge in [0.25, 0.3) is 5.56 Å². The second kappa shape index (κ2) is 11.1. The van der Waals surface area contributed by atoms with Gasteiger partial charge in [-0.1, -0.05) is 32.1 Å². The Hall–Kier alpha value is -4.46. The van der Waals surface area contributed by atoms with Gasteiger partial charge in [0.2, 0.25) is 0 Å². The van der Waals surface area contributed by atoms with Gasteiger partial charge in [0, 0.05) is 28.2 Å². The summed E-state index contributed by atoms with van der Waals surface area (Å²) in [6.45, 7) is 8.48. The summed E-state index contributed by atoms with van der Waals surface area (Å²) in [5.41, 5.74) is 0.833. The second-order valence-corrected chi connectivity index (χ2v) is 8.29. The number of carboxylic acid groups (broad SMARTS) is 1. The molecule has 0 saturated carbocycles. The topological polar surface area (TPSA) is 112 Å². The lowest BCUT2D eigenvalue weighted by atomic mass is 9.97. The van der Waals surface area contributed by atoms with Crippen LogP contribution in [0.1, 0.15) is 54.9 Å². The minimum Gasteiger partial charge on any atom is -0.508 e. The Morgan fingerprint density at radius 3 is 2.46 bits per heavy atom. The smallest absolute Gasteiger partial charge is 0.353 e. The molecule has 0 unspecified atom stereocenters. The number of carboxylic acids is 1. The summed E-state index contributed by atoms with van der Waals surface area (Å²) in [6, 6.07) is 8.84.